The monoisotopic (exact) mass is 406 g/mol. The highest BCUT2D eigenvalue weighted by Crippen LogP contribution is 2.25. The second-order valence-electron chi connectivity index (χ2n) is 6.79. The number of esters is 1. The van der Waals surface area contributed by atoms with Crippen LogP contribution in [-0.2, 0) is 4.74 Å². The molecule has 0 saturated heterocycles. The molecule has 4 rings (SSSR count). The molecular formula is C22H19FN4O3. The van der Waals surface area contributed by atoms with Crippen LogP contribution in [0.15, 0.2) is 59.0 Å². The number of carbonyl (C=O) groups is 1. The topological polar surface area (TPSA) is 83.0 Å². The van der Waals surface area contributed by atoms with Gasteiger partial charge in [-0.25, -0.2) is 13.9 Å². The molecule has 0 unspecified atom stereocenters. The van der Waals surface area contributed by atoms with E-state index < -0.39 is 12.1 Å². The normalized spacial score (nSPS) is 12.0. The Bertz CT molecular complexity index is 1180. The number of ether oxygens (including phenoxy) is 1. The van der Waals surface area contributed by atoms with Crippen LogP contribution >= 0.6 is 0 Å². The number of aryl methyl sites for hydroxylation is 1. The first-order chi connectivity index (χ1) is 14.4. The van der Waals surface area contributed by atoms with E-state index in [9.17, 15) is 9.18 Å². The molecule has 0 N–H and O–H groups in total. The number of aromatic nitrogens is 4. The van der Waals surface area contributed by atoms with Gasteiger partial charge in [0.05, 0.1) is 17.1 Å². The van der Waals surface area contributed by atoms with Gasteiger partial charge in [-0.3, -0.25) is 0 Å². The lowest BCUT2D eigenvalue weighted by molar-refractivity contribution is 0.0278. The molecule has 0 aliphatic heterocycles. The molecule has 1 atom stereocenters. The van der Waals surface area contributed by atoms with Crippen molar-refractivity contribution >= 4 is 5.97 Å². The van der Waals surface area contributed by atoms with E-state index in [4.69, 9.17) is 9.15 Å². The second-order valence-corrected chi connectivity index (χ2v) is 6.79. The molecular weight excluding hydrogens is 387 g/mol. The van der Waals surface area contributed by atoms with Crippen LogP contribution in [0.2, 0.25) is 0 Å². The van der Waals surface area contributed by atoms with Crippen LogP contribution in [0.3, 0.4) is 0 Å². The van der Waals surface area contributed by atoms with E-state index in [1.165, 1.54) is 24.3 Å². The number of rotatable bonds is 5. The fourth-order valence-corrected chi connectivity index (χ4v) is 3.14. The molecule has 0 aliphatic carbocycles. The van der Waals surface area contributed by atoms with Crippen molar-refractivity contribution in [1.82, 2.24) is 20.0 Å². The average Bonchev–Trinajstić information content (AvgIpc) is 3.34. The largest absolute Gasteiger partial charge is 0.449 e. The Morgan fingerprint density at radius 1 is 1.07 bits per heavy atom. The van der Waals surface area contributed by atoms with Crippen LogP contribution in [0.4, 0.5) is 4.39 Å². The van der Waals surface area contributed by atoms with E-state index in [1.807, 2.05) is 37.3 Å². The van der Waals surface area contributed by atoms with Crippen molar-refractivity contribution in [1.29, 1.82) is 0 Å². The van der Waals surface area contributed by atoms with Crippen LogP contribution in [0.1, 0.15) is 40.7 Å². The SMILES string of the molecule is Cc1nn(-c2ccccc2)c(C)c1C(=O)O[C@@H](C)c1nnc(-c2ccc(F)cc2)o1. The molecule has 4 aromatic rings. The highest BCUT2D eigenvalue weighted by molar-refractivity contribution is 5.92. The molecule has 2 aromatic heterocycles. The molecule has 7 nitrogen and oxygen atoms in total. The van der Waals surface area contributed by atoms with E-state index in [0.717, 1.165) is 5.69 Å². The van der Waals surface area contributed by atoms with E-state index in [-0.39, 0.29) is 17.6 Å². The van der Waals surface area contributed by atoms with Crippen molar-refractivity contribution in [3.05, 3.63) is 83.3 Å². The van der Waals surface area contributed by atoms with Gasteiger partial charge >= 0.3 is 5.97 Å². The third-order valence-corrected chi connectivity index (χ3v) is 4.66. The average molecular weight is 406 g/mol. The Morgan fingerprint density at radius 3 is 2.47 bits per heavy atom. The number of hydrogen-bond acceptors (Lipinski definition) is 6. The van der Waals surface area contributed by atoms with Crippen LogP contribution in [0.25, 0.3) is 17.1 Å². The number of nitrogens with zero attached hydrogens (tertiary/aromatic N) is 4. The van der Waals surface area contributed by atoms with Crippen LogP contribution < -0.4 is 0 Å². The lowest BCUT2D eigenvalue weighted by Gasteiger charge is -2.10. The van der Waals surface area contributed by atoms with Gasteiger partial charge in [0.1, 0.15) is 11.4 Å². The van der Waals surface area contributed by atoms with Gasteiger partial charge in [0.25, 0.3) is 5.89 Å². The third-order valence-electron chi connectivity index (χ3n) is 4.66. The first-order valence-electron chi connectivity index (χ1n) is 9.36. The minimum atomic E-state index is -0.766. The molecule has 152 valence electrons. The summed E-state index contributed by atoms with van der Waals surface area (Å²) >= 11 is 0. The first-order valence-corrected chi connectivity index (χ1v) is 9.36. The van der Waals surface area contributed by atoms with Gasteiger partial charge in [0, 0.05) is 5.56 Å². The van der Waals surface area contributed by atoms with E-state index in [0.29, 0.717) is 22.5 Å². The summed E-state index contributed by atoms with van der Waals surface area (Å²) in [6.45, 7) is 5.22. The molecule has 8 heteroatoms. The molecule has 0 fully saturated rings. The van der Waals surface area contributed by atoms with Crippen LogP contribution in [0, 0.1) is 19.7 Å². The maximum atomic E-state index is 13.1. The van der Waals surface area contributed by atoms with Crippen LogP contribution in [0.5, 0.6) is 0 Å². The van der Waals surface area contributed by atoms with Crippen molar-refractivity contribution in [2.45, 2.75) is 26.9 Å². The molecule has 0 saturated carbocycles. The zero-order chi connectivity index (χ0) is 21.3. The van der Waals surface area contributed by atoms with E-state index in [2.05, 4.69) is 15.3 Å². The van der Waals surface area contributed by atoms with Crippen LogP contribution in [-0.4, -0.2) is 25.9 Å². The van der Waals surface area contributed by atoms with Crippen molar-refractivity contribution in [2.24, 2.45) is 0 Å². The Morgan fingerprint density at radius 2 is 1.77 bits per heavy atom. The zero-order valence-electron chi connectivity index (χ0n) is 16.7. The molecule has 0 spiro atoms. The maximum absolute atomic E-state index is 13.1. The lowest BCUT2D eigenvalue weighted by atomic mass is 10.2. The molecule has 0 bridgehead atoms. The Hall–Kier alpha value is -3.81. The summed E-state index contributed by atoms with van der Waals surface area (Å²) < 4.78 is 25.9. The first kappa shape index (κ1) is 19.5. The zero-order valence-corrected chi connectivity index (χ0v) is 16.7. The van der Waals surface area contributed by atoms with Crippen molar-refractivity contribution in [3.8, 4) is 17.1 Å². The number of halogens is 1. The fourth-order valence-electron chi connectivity index (χ4n) is 3.14. The maximum Gasteiger partial charge on any atom is 0.342 e. The molecule has 0 aliphatic rings. The minimum Gasteiger partial charge on any atom is -0.449 e. The van der Waals surface area contributed by atoms with Gasteiger partial charge in [0.2, 0.25) is 5.89 Å². The molecule has 2 heterocycles. The number of para-hydroxylation sites is 1. The van der Waals surface area contributed by atoms with Gasteiger partial charge in [-0.2, -0.15) is 5.10 Å². The Kier molecular flexibility index (Phi) is 5.14. The van der Waals surface area contributed by atoms with Gasteiger partial charge in [-0.15, -0.1) is 10.2 Å². The van der Waals surface area contributed by atoms with Gasteiger partial charge < -0.3 is 9.15 Å². The number of carbonyl (C=O) groups excluding carboxylic acids is 1. The Labute approximate surface area is 172 Å². The van der Waals surface area contributed by atoms with E-state index in [1.54, 1.807) is 18.5 Å². The third kappa shape index (κ3) is 3.71. The predicted octanol–water partition coefficient (Wildman–Crippen LogP) is 4.60. The summed E-state index contributed by atoms with van der Waals surface area (Å²) in [5.74, 6) is -0.519. The van der Waals surface area contributed by atoms with Crippen molar-refractivity contribution in [2.75, 3.05) is 0 Å². The number of benzene rings is 2. The smallest absolute Gasteiger partial charge is 0.342 e. The standard InChI is InChI=1S/C22H19FN4O3/c1-13-19(14(2)27(26-13)18-7-5-4-6-8-18)22(28)29-15(3)20-24-25-21(30-20)16-9-11-17(23)12-10-16/h4-12,15H,1-3H3/t15-/m0/s1. The summed E-state index contributed by atoms with van der Waals surface area (Å²) in [6, 6.07) is 15.2. The minimum absolute atomic E-state index is 0.147. The van der Waals surface area contributed by atoms with Gasteiger partial charge in [-0.05, 0) is 57.2 Å². The van der Waals surface area contributed by atoms with Crippen molar-refractivity contribution in [3.63, 3.8) is 0 Å². The highest BCUT2D eigenvalue weighted by atomic mass is 19.1. The van der Waals surface area contributed by atoms with E-state index >= 15 is 0 Å². The molecule has 0 amide bonds. The summed E-state index contributed by atoms with van der Waals surface area (Å²) in [7, 11) is 0. The Balaban J connectivity index is 1.53. The van der Waals surface area contributed by atoms with Gasteiger partial charge in [0.15, 0.2) is 6.10 Å². The van der Waals surface area contributed by atoms with Gasteiger partial charge in [-0.1, -0.05) is 18.2 Å². The highest BCUT2D eigenvalue weighted by Gasteiger charge is 2.25. The van der Waals surface area contributed by atoms with Crippen molar-refractivity contribution < 1.29 is 18.3 Å². The summed E-state index contributed by atoms with van der Waals surface area (Å²) in [5, 5.41) is 12.4. The second kappa shape index (κ2) is 7.90. The predicted molar refractivity (Wildman–Crippen MR) is 107 cm³/mol. The molecule has 0 radical (unpaired) electrons. The number of hydrogen-bond donors (Lipinski definition) is 0. The summed E-state index contributed by atoms with van der Waals surface area (Å²) in [6.07, 6.45) is -0.766. The molecule has 30 heavy (non-hydrogen) atoms. The fraction of sp³-hybridized carbons (Fsp3) is 0.182. The molecule has 2 aromatic carbocycles. The lowest BCUT2D eigenvalue weighted by Crippen LogP contribution is -2.11. The summed E-state index contributed by atoms with van der Waals surface area (Å²) in [5.41, 5.74) is 3.05. The quantitative estimate of drug-likeness (QED) is 0.451. The summed E-state index contributed by atoms with van der Waals surface area (Å²) in [4.78, 5) is 12.8.